The molecule has 2 N–H and O–H groups in total. The van der Waals surface area contributed by atoms with Gasteiger partial charge >= 0.3 is 0 Å². The number of aromatic nitrogens is 1. The van der Waals surface area contributed by atoms with Gasteiger partial charge in [0.15, 0.2) is 0 Å². The third-order valence-electron chi connectivity index (χ3n) is 2.62. The Morgan fingerprint density at radius 3 is 2.73 bits per heavy atom. The lowest BCUT2D eigenvalue weighted by molar-refractivity contribution is 0.642. The molecular formula is C12H20N2S. The molecule has 1 rings (SSSR count). The number of hydrogen-bond acceptors (Lipinski definition) is 3. The SMILES string of the molecule is CC(C)C(C)SCc1cccnc1CN. The largest absolute Gasteiger partial charge is 0.325 e. The zero-order valence-corrected chi connectivity index (χ0v) is 10.6. The molecule has 0 amide bonds. The van der Waals surface area contributed by atoms with E-state index < -0.39 is 0 Å². The van der Waals surface area contributed by atoms with Gasteiger partial charge < -0.3 is 5.73 Å². The first kappa shape index (κ1) is 12.5. The predicted molar refractivity (Wildman–Crippen MR) is 67.7 cm³/mol. The summed E-state index contributed by atoms with van der Waals surface area (Å²) < 4.78 is 0. The maximum absolute atomic E-state index is 5.65. The molecule has 1 heterocycles. The van der Waals surface area contributed by atoms with Gasteiger partial charge in [0.05, 0.1) is 5.69 Å². The Morgan fingerprint density at radius 2 is 2.13 bits per heavy atom. The van der Waals surface area contributed by atoms with Gasteiger partial charge in [0.25, 0.3) is 0 Å². The molecule has 3 heteroatoms. The molecule has 2 nitrogen and oxygen atoms in total. The fourth-order valence-electron chi connectivity index (χ4n) is 1.20. The van der Waals surface area contributed by atoms with Crippen molar-refractivity contribution < 1.29 is 0 Å². The third-order valence-corrected chi connectivity index (χ3v) is 4.17. The second kappa shape index (κ2) is 6.13. The van der Waals surface area contributed by atoms with Crippen molar-refractivity contribution in [2.75, 3.05) is 0 Å². The van der Waals surface area contributed by atoms with Crippen LogP contribution in [0.2, 0.25) is 0 Å². The fraction of sp³-hybridized carbons (Fsp3) is 0.583. The second-order valence-electron chi connectivity index (χ2n) is 4.07. The third kappa shape index (κ3) is 3.84. The van der Waals surface area contributed by atoms with Crippen molar-refractivity contribution in [3.05, 3.63) is 29.6 Å². The zero-order valence-electron chi connectivity index (χ0n) is 9.73. The van der Waals surface area contributed by atoms with Crippen molar-refractivity contribution in [2.45, 2.75) is 38.3 Å². The molecule has 0 aliphatic rings. The first-order valence-electron chi connectivity index (χ1n) is 5.39. The zero-order chi connectivity index (χ0) is 11.3. The topological polar surface area (TPSA) is 38.9 Å². The minimum absolute atomic E-state index is 0.535. The van der Waals surface area contributed by atoms with Crippen molar-refractivity contribution in [3.63, 3.8) is 0 Å². The second-order valence-corrected chi connectivity index (χ2v) is 5.44. The molecule has 0 bridgehead atoms. The van der Waals surface area contributed by atoms with Crippen LogP contribution in [-0.2, 0) is 12.3 Å². The molecule has 15 heavy (non-hydrogen) atoms. The monoisotopic (exact) mass is 224 g/mol. The summed E-state index contributed by atoms with van der Waals surface area (Å²) in [6.45, 7) is 7.32. The first-order chi connectivity index (χ1) is 7.15. The van der Waals surface area contributed by atoms with Crippen LogP contribution in [-0.4, -0.2) is 10.2 Å². The molecule has 0 saturated heterocycles. The van der Waals surface area contributed by atoms with E-state index in [9.17, 15) is 0 Å². The Balaban J connectivity index is 2.57. The summed E-state index contributed by atoms with van der Waals surface area (Å²) in [5, 5.41) is 0.677. The van der Waals surface area contributed by atoms with E-state index in [1.807, 2.05) is 24.0 Å². The van der Waals surface area contributed by atoms with Gasteiger partial charge in [-0.25, -0.2) is 0 Å². The maximum Gasteiger partial charge on any atom is 0.0579 e. The highest BCUT2D eigenvalue weighted by Gasteiger charge is 2.09. The standard InChI is InChI=1S/C12H20N2S/c1-9(2)10(3)15-8-11-5-4-6-14-12(11)7-13/h4-6,9-10H,7-8,13H2,1-3H3. The molecule has 0 aliphatic carbocycles. The molecule has 0 radical (unpaired) electrons. The lowest BCUT2D eigenvalue weighted by atomic mass is 10.2. The van der Waals surface area contributed by atoms with Gasteiger partial charge in [-0.05, 0) is 17.5 Å². The van der Waals surface area contributed by atoms with Crippen molar-refractivity contribution in [2.24, 2.45) is 11.7 Å². The molecule has 0 aromatic carbocycles. The van der Waals surface area contributed by atoms with Gasteiger partial charge in [0.2, 0.25) is 0 Å². The van der Waals surface area contributed by atoms with Crippen LogP contribution in [0.4, 0.5) is 0 Å². The first-order valence-corrected chi connectivity index (χ1v) is 6.44. The number of nitrogens with zero attached hydrogens (tertiary/aromatic N) is 1. The number of pyridine rings is 1. The molecule has 0 fully saturated rings. The van der Waals surface area contributed by atoms with Crippen LogP contribution in [0.5, 0.6) is 0 Å². The highest BCUT2D eigenvalue weighted by molar-refractivity contribution is 7.99. The van der Waals surface area contributed by atoms with E-state index in [0.29, 0.717) is 17.7 Å². The summed E-state index contributed by atoms with van der Waals surface area (Å²) in [6, 6.07) is 4.10. The number of hydrogen-bond donors (Lipinski definition) is 1. The summed E-state index contributed by atoms with van der Waals surface area (Å²) in [5.74, 6) is 1.73. The van der Waals surface area contributed by atoms with E-state index in [1.165, 1.54) is 5.56 Å². The Bertz CT molecular complexity index is 299. The summed E-state index contributed by atoms with van der Waals surface area (Å²) in [7, 11) is 0. The minimum atomic E-state index is 0.535. The molecule has 1 aromatic heterocycles. The smallest absolute Gasteiger partial charge is 0.0579 e. The Kier molecular flexibility index (Phi) is 5.12. The number of nitrogens with two attached hydrogens (primary N) is 1. The van der Waals surface area contributed by atoms with Crippen LogP contribution in [0.1, 0.15) is 32.0 Å². The molecule has 0 spiro atoms. The predicted octanol–water partition coefficient (Wildman–Crippen LogP) is 2.82. The van der Waals surface area contributed by atoms with Crippen LogP contribution in [0.25, 0.3) is 0 Å². The lowest BCUT2D eigenvalue weighted by Crippen LogP contribution is -2.08. The molecular weight excluding hydrogens is 204 g/mol. The Morgan fingerprint density at radius 1 is 1.40 bits per heavy atom. The van der Waals surface area contributed by atoms with E-state index in [0.717, 1.165) is 11.4 Å². The van der Waals surface area contributed by atoms with Crippen LogP contribution in [0, 0.1) is 5.92 Å². The summed E-state index contributed by atoms with van der Waals surface area (Å²) in [6.07, 6.45) is 1.81. The summed E-state index contributed by atoms with van der Waals surface area (Å²) >= 11 is 1.97. The Labute approximate surface area is 96.7 Å². The van der Waals surface area contributed by atoms with E-state index in [-0.39, 0.29) is 0 Å². The molecule has 0 aliphatic heterocycles. The van der Waals surface area contributed by atoms with Gasteiger partial charge in [0.1, 0.15) is 0 Å². The van der Waals surface area contributed by atoms with E-state index in [2.05, 4.69) is 31.8 Å². The van der Waals surface area contributed by atoms with Crippen LogP contribution in [0.15, 0.2) is 18.3 Å². The average Bonchev–Trinajstić information content (AvgIpc) is 2.26. The molecule has 0 saturated carbocycles. The molecule has 1 aromatic rings. The van der Waals surface area contributed by atoms with Gasteiger partial charge in [-0.2, -0.15) is 11.8 Å². The maximum atomic E-state index is 5.65. The minimum Gasteiger partial charge on any atom is -0.325 e. The van der Waals surface area contributed by atoms with Crippen molar-refractivity contribution in [1.29, 1.82) is 0 Å². The fourth-order valence-corrected chi connectivity index (χ4v) is 2.29. The van der Waals surface area contributed by atoms with Gasteiger partial charge in [-0.1, -0.05) is 26.8 Å². The van der Waals surface area contributed by atoms with Crippen molar-refractivity contribution in [1.82, 2.24) is 4.98 Å². The van der Waals surface area contributed by atoms with Crippen LogP contribution < -0.4 is 5.73 Å². The molecule has 1 atom stereocenters. The van der Waals surface area contributed by atoms with Gasteiger partial charge in [-0.15, -0.1) is 0 Å². The van der Waals surface area contributed by atoms with Crippen LogP contribution in [0.3, 0.4) is 0 Å². The van der Waals surface area contributed by atoms with E-state index >= 15 is 0 Å². The highest BCUT2D eigenvalue weighted by atomic mass is 32.2. The van der Waals surface area contributed by atoms with Crippen molar-refractivity contribution in [3.8, 4) is 0 Å². The van der Waals surface area contributed by atoms with Crippen molar-refractivity contribution >= 4 is 11.8 Å². The summed E-state index contributed by atoms with van der Waals surface area (Å²) in [5.41, 5.74) is 7.95. The van der Waals surface area contributed by atoms with Crippen LogP contribution >= 0.6 is 11.8 Å². The molecule has 1 unspecified atom stereocenters. The van der Waals surface area contributed by atoms with Gasteiger partial charge in [0, 0.05) is 23.7 Å². The molecule has 84 valence electrons. The number of thioether (sulfide) groups is 1. The van der Waals surface area contributed by atoms with Gasteiger partial charge in [-0.3, -0.25) is 4.98 Å². The number of rotatable bonds is 5. The average molecular weight is 224 g/mol. The lowest BCUT2D eigenvalue weighted by Gasteiger charge is -2.15. The van der Waals surface area contributed by atoms with E-state index in [1.54, 1.807) is 0 Å². The van der Waals surface area contributed by atoms with E-state index in [4.69, 9.17) is 5.73 Å². The Hall–Kier alpha value is -0.540. The normalized spacial score (nSPS) is 13.1. The highest BCUT2D eigenvalue weighted by Crippen LogP contribution is 2.23. The summed E-state index contributed by atoms with van der Waals surface area (Å²) in [4.78, 5) is 4.28. The quantitative estimate of drug-likeness (QED) is 0.836.